The van der Waals surface area contributed by atoms with Crippen LogP contribution in [0.4, 0.5) is 34.1 Å². The number of fused-ring (bicyclic) bond motifs is 4. The van der Waals surface area contributed by atoms with E-state index in [9.17, 15) is 15.8 Å². The Labute approximate surface area is 311 Å². The zero-order valence-electron chi connectivity index (χ0n) is 27.5. The summed E-state index contributed by atoms with van der Waals surface area (Å²) < 4.78 is 0. The predicted molar refractivity (Wildman–Crippen MR) is 215 cm³/mol. The van der Waals surface area contributed by atoms with Crippen molar-refractivity contribution in [1.82, 2.24) is 0 Å². The summed E-state index contributed by atoms with van der Waals surface area (Å²) in [7, 11) is 0. The number of allylic oxidation sites excluding steroid dienone is 4. The molecule has 0 aromatic heterocycles. The highest BCUT2D eigenvalue weighted by Gasteiger charge is 2.35. The number of nitrogens with zero attached hydrogens (tertiary/aromatic N) is 5. The minimum atomic E-state index is -2.97. The van der Waals surface area contributed by atoms with Gasteiger partial charge in [-0.15, -0.1) is 0 Å². The van der Waals surface area contributed by atoms with Crippen LogP contribution < -0.4 is 20.4 Å². The largest absolute Gasteiger partial charge is 0.308 e. The zero-order chi connectivity index (χ0) is 35.2. The van der Waals surface area contributed by atoms with Gasteiger partial charge in [0.05, 0.1) is 45.0 Å². The highest BCUT2D eigenvalue weighted by Crippen LogP contribution is 2.58. The predicted octanol–water partition coefficient (Wildman–Crippen LogP) is 11.1. The molecular formula is C44H26N5PS2. The van der Waals surface area contributed by atoms with Gasteiger partial charge in [0.1, 0.15) is 12.1 Å². The number of anilines is 6. The normalized spacial score (nSPS) is 15.0. The van der Waals surface area contributed by atoms with Crippen LogP contribution in [-0.2, 0) is 0 Å². The van der Waals surface area contributed by atoms with Gasteiger partial charge in [0.2, 0.25) is 0 Å². The third-order valence-corrected chi connectivity index (χ3v) is 15.8. The van der Waals surface area contributed by atoms with Gasteiger partial charge in [-0.25, -0.2) is 0 Å². The van der Waals surface area contributed by atoms with E-state index in [1.807, 2.05) is 0 Å². The standard InChI is InChI=1S/C44H26N5PS2/c45-27-30-25-35(28-46)50(36(26-30)29-47,33-21-17-31(18-22-33)48-37-9-1-5-13-41(37)51-42-14-6-2-10-38(42)48)34-23-19-32(20-24-34)49-39-11-3-7-15-43(39)52-44-16-8-4-12-40(44)49/h1-26H. The molecule has 0 aliphatic carbocycles. The summed E-state index contributed by atoms with van der Waals surface area (Å²) in [4.78, 5) is 9.21. The van der Waals surface area contributed by atoms with E-state index in [0.717, 1.165) is 44.7 Å². The summed E-state index contributed by atoms with van der Waals surface area (Å²) in [5, 5.41) is 34.0. The van der Waals surface area contributed by atoms with Crippen LogP contribution in [0.25, 0.3) is 0 Å². The van der Waals surface area contributed by atoms with Gasteiger partial charge in [-0.1, -0.05) is 96.3 Å². The van der Waals surface area contributed by atoms with Crippen molar-refractivity contribution in [2.75, 3.05) is 9.80 Å². The molecule has 244 valence electrons. The molecule has 0 fully saturated rings. The molecule has 6 aromatic carbocycles. The summed E-state index contributed by atoms with van der Waals surface area (Å²) in [6.45, 7) is -2.97. The summed E-state index contributed by atoms with van der Waals surface area (Å²) >= 11 is 3.52. The Morgan fingerprint density at radius 2 is 0.808 bits per heavy atom. The Morgan fingerprint density at radius 1 is 0.423 bits per heavy atom. The highest BCUT2D eigenvalue weighted by molar-refractivity contribution is 8.00. The molecule has 3 aliphatic heterocycles. The molecular weight excluding hydrogens is 694 g/mol. The maximum atomic E-state index is 10.8. The first-order valence-corrected chi connectivity index (χ1v) is 20.0. The lowest BCUT2D eigenvalue weighted by molar-refractivity contribution is 1.17. The number of hydrogen-bond acceptors (Lipinski definition) is 7. The number of para-hydroxylation sites is 4. The SMILES string of the molecule is N#CC1=CC(C#N)=P(c2ccc(N3c4ccccc4Sc4ccccc43)cc2)(c2ccc(N3c4ccccc4Sc4ccccc43)cc2)C(C#N)=C1. The molecule has 3 heterocycles. The van der Waals surface area contributed by atoms with Crippen LogP contribution in [-0.4, -0.2) is 5.29 Å². The molecule has 0 spiro atoms. The molecule has 0 amide bonds. The molecule has 0 N–H and O–H groups in total. The van der Waals surface area contributed by atoms with Gasteiger partial charge >= 0.3 is 0 Å². The lowest BCUT2D eigenvalue weighted by atomic mass is 10.2. The molecule has 5 nitrogen and oxygen atoms in total. The Kier molecular flexibility index (Phi) is 7.88. The van der Waals surface area contributed by atoms with Crippen LogP contribution in [0.3, 0.4) is 0 Å². The van der Waals surface area contributed by atoms with E-state index in [1.54, 1.807) is 35.7 Å². The van der Waals surface area contributed by atoms with Crippen LogP contribution in [0, 0.1) is 34.0 Å². The second-order valence-electron chi connectivity index (χ2n) is 12.3. The van der Waals surface area contributed by atoms with Crippen LogP contribution in [0.1, 0.15) is 0 Å². The molecule has 0 saturated carbocycles. The smallest absolute Gasteiger partial charge is 0.100 e. The van der Waals surface area contributed by atoms with E-state index in [1.165, 1.54) is 19.6 Å². The molecule has 0 atom stereocenters. The molecule has 3 aliphatic rings. The lowest BCUT2D eigenvalue weighted by Gasteiger charge is -2.35. The topological polar surface area (TPSA) is 77.8 Å². The molecule has 52 heavy (non-hydrogen) atoms. The van der Waals surface area contributed by atoms with Crippen molar-refractivity contribution in [2.24, 2.45) is 0 Å². The highest BCUT2D eigenvalue weighted by atomic mass is 32.2. The minimum Gasteiger partial charge on any atom is -0.308 e. The first-order valence-electron chi connectivity index (χ1n) is 16.6. The second-order valence-corrected chi connectivity index (χ2v) is 17.8. The average Bonchev–Trinajstić information content (AvgIpc) is 3.21. The van der Waals surface area contributed by atoms with Gasteiger partial charge < -0.3 is 9.80 Å². The fraction of sp³-hybridized carbons (Fsp3) is 0. The van der Waals surface area contributed by atoms with E-state index in [4.69, 9.17) is 0 Å². The van der Waals surface area contributed by atoms with Gasteiger partial charge in [0, 0.05) is 37.8 Å². The molecule has 8 heteroatoms. The van der Waals surface area contributed by atoms with Crippen molar-refractivity contribution in [3.63, 3.8) is 0 Å². The Bertz CT molecular complexity index is 2450. The van der Waals surface area contributed by atoms with Gasteiger partial charge in [-0.2, -0.15) is 15.8 Å². The summed E-state index contributed by atoms with van der Waals surface area (Å²) in [5.74, 6) is 0. The molecule has 6 aromatic rings. The monoisotopic (exact) mass is 719 g/mol. The second kappa shape index (κ2) is 12.9. The van der Waals surface area contributed by atoms with Gasteiger partial charge in [0.25, 0.3) is 0 Å². The van der Waals surface area contributed by atoms with E-state index in [0.29, 0.717) is 16.2 Å². The fourth-order valence-corrected chi connectivity index (χ4v) is 13.2. The lowest BCUT2D eigenvalue weighted by Crippen LogP contribution is -2.25. The van der Waals surface area contributed by atoms with Gasteiger partial charge in [-0.3, -0.25) is 0 Å². The van der Waals surface area contributed by atoms with E-state index >= 15 is 0 Å². The molecule has 0 unspecified atom stereocenters. The van der Waals surface area contributed by atoms with E-state index in [2.05, 4.69) is 174 Å². The molecule has 0 saturated heterocycles. The number of hydrogen-bond donors (Lipinski definition) is 0. The Hall–Kier alpha value is -6.13. The van der Waals surface area contributed by atoms with Crippen molar-refractivity contribution in [2.45, 2.75) is 19.6 Å². The van der Waals surface area contributed by atoms with Crippen molar-refractivity contribution < 1.29 is 0 Å². The Balaban J connectivity index is 1.21. The first kappa shape index (κ1) is 31.8. The fourth-order valence-electron chi connectivity index (χ4n) is 7.26. The van der Waals surface area contributed by atoms with Crippen LogP contribution >= 0.6 is 30.4 Å². The number of nitriles is 3. The van der Waals surface area contributed by atoms with Gasteiger partial charge in [-0.05, 0) is 95.6 Å². The summed E-state index contributed by atoms with van der Waals surface area (Å²) in [6, 6.07) is 57.2. The molecule has 0 bridgehead atoms. The Morgan fingerprint density at radius 3 is 1.15 bits per heavy atom. The maximum absolute atomic E-state index is 10.8. The maximum Gasteiger partial charge on any atom is 0.100 e. The van der Waals surface area contributed by atoms with Crippen molar-refractivity contribution in [1.29, 1.82) is 15.8 Å². The third-order valence-electron chi connectivity index (χ3n) is 9.52. The molecule has 9 rings (SSSR count). The third kappa shape index (κ3) is 4.93. The van der Waals surface area contributed by atoms with E-state index in [-0.39, 0.29) is 0 Å². The average molecular weight is 720 g/mol. The van der Waals surface area contributed by atoms with Gasteiger partial charge in [0.15, 0.2) is 0 Å². The van der Waals surface area contributed by atoms with Crippen LogP contribution in [0.15, 0.2) is 188 Å². The van der Waals surface area contributed by atoms with Crippen molar-refractivity contribution >= 4 is 80.4 Å². The first-order chi connectivity index (χ1) is 25.6. The van der Waals surface area contributed by atoms with Crippen molar-refractivity contribution in [3.8, 4) is 18.2 Å². The van der Waals surface area contributed by atoms with E-state index < -0.39 is 6.89 Å². The summed E-state index contributed by atoms with van der Waals surface area (Å²) in [5.41, 5.74) is 6.64. The minimum absolute atomic E-state index is 0.301. The van der Waals surface area contributed by atoms with Crippen LogP contribution in [0.5, 0.6) is 0 Å². The molecule has 0 radical (unpaired) electrons. The van der Waals surface area contributed by atoms with Crippen LogP contribution in [0.2, 0.25) is 0 Å². The zero-order valence-corrected chi connectivity index (χ0v) is 30.0. The quantitative estimate of drug-likeness (QED) is 0.168. The number of benzene rings is 6. The van der Waals surface area contributed by atoms with Crippen molar-refractivity contribution in [3.05, 3.63) is 169 Å². The summed E-state index contributed by atoms with van der Waals surface area (Å²) in [6.07, 6.45) is 3.33. The number of rotatable bonds is 4.